The van der Waals surface area contributed by atoms with Gasteiger partial charge in [-0.15, -0.1) is 0 Å². The lowest BCUT2D eigenvalue weighted by atomic mass is 9.73. The van der Waals surface area contributed by atoms with Crippen molar-refractivity contribution in [3.05, 3.63) is 43.9 Å². The van der Waals surface area contributed by atoms with Crippen molar-refractivity contribution in [2.75, 3.05) is 14.2 Å². The standard InChI is InChI=1S/C21H21IO5/c1-25-17-10-11(9-12(22)21(17)26-2)18-19-13(23)5-3-7-15(19)27-16-8-4-6-14(24)20(16)18/h9-10,18H,3-8H2,1-2H3. The van der Waals surface area contributed by atoms with E-state index < -0.39 is 0 Å². The molecule has 0 fully saturated rings. The third kappa shape index (κ3) is 3.07. The Hall–Kier alpha value is -1.83. The molecule has 4 rings (SSSR count). The molecule has 0 saturated carbocycles. The van der Waals surface area contributed by atoms with Crippen LogP contribution in [0.15, 0.2) is 34.8 Å². The van der Waals surface area contributed by atoms with Crippen LogP contribution in [0.4, 0.5) is 0 Å². The van der Waals surface area contributed by atoms with Crippen molar-refractivity contribution in [1.82, 2.24) is 0 Å². The molecular formula is C21H21IO5. The number of ether oxygens (including phenoxy) is 3. The summed E-state index contributed by atoms with van der Waals surface area (Å²) >= 11 is 2.20. The first kappa shape index (κ1) is 18.5. The molecule has 1 aromatic carbocycles. The minimum Gasteiger partial charge on any atom is -0.493 e. The Morgan fingerprint density at radius 2 is 1.52 bits per heavy atom. The summed E-state index contributed by atoms with van der Waals surface area (Å²) in [7, 11) is 3.19. The number of ketones is 2. The van der Waals surface area contributed by atoms with Crippen LogP contribution >= 0.6 is 22.6 Å². The van der Waals surface area contributed by atoms with Crippen molar-refractivity contribution in [2.45, 2.75) is 44.4 Å². The Balaban J connectivity index is 1.93. The van der Waals surface area contributed by atoms with Gasteiger partial charge in [-0.05, 0) is 53.1 Å². The SMILES string of the molecule is COc1cc(C2C3=C(CCCC3=O)OC3=C2C(=O)CCC3)cc(I)c1OC. The summed E-state index contributed by atoms with van der Waals surface area (Å²) in [5.74, 6) is 2.53. The van der Waals surface area contributed by atoms with Crippen LogP contribution in [0.25, 0.3) is 0 Å². The van der Waals surface area contributed by atoms with Gasteiger partial charge < -0.3 is 14.2 Å². The Labute approximate surface area is 171 Å². The first-order valence-electron chi connectivity index (χ1n) is 9.17. The molecular weight excluding hydrogens is 459 g/mol. The van der Waals surface area contributed by atoms with E-state index in [1.54, 1.807) is 14.2 Å². The molecule has 0 bridgehead atoms. The van der Waals surface area contributed by atoms with E-state index in [1.165, 1.54) is 0 Å². The zero-order valence-corrected chi connectivity index (χ0v) is 17.6. The average Bonchev–Trinajstić information content (AvgIpc) is 2.66. The lowest BCUT2D eigenvalue weighted by Gasteiger charge is -2.36. The van der Waals surface area contributed by atoms with Crippen LogP contribution < -0.4 is 9.47 Å². The summed E-state index contributed by atoms with van der Waals surface area (Å²) in [6.45, 7) is 0. The summed E-state index contributed by atoms with van der Waals surface area (Å²) in [5, 5.41) is 0. The third-order valence-corrected chi connectivity index (χ3v) is 6.23. The second-order valence-corrected chi connectivity index (χ2v) is 8.16. The maximum atomic E-state index is 12.8. The molecule has 2 aliphatic carbocycles. The number of allylic oxidation sites excluding steroid dienone is 4. The van der Waals surface area contributed by atoms with E-state index in [4.69, 9.17) is 14.2 Å². The van der Waals surface area contributed by atoms with Gasteiger partial charge in [0, 0.05) is 42.7 Å². The van der Waals surface area contributed by atoms with Gasteiger partial charge in [0.1, 0.15) is 11.5 Å². The molecule has 1 aromatic rings. The molecule has 0 spiro atoms. The fourth-order valence-corrected chi connectivity index (χ4v) is 5.10. The molecule has 0 aromatic heterocycles. The van der Waals surface area contributed by atoms with Crippen molar-refractivity contribution in [3.63, 3.8) is 0 Å². The first-order chi connectivity index (χ1) is 13.0. The number of hydrogen-bond acceptors (Lipinski definition) is 5. The largest absolute Gasteiger partial charge is 0.493 e. The van der Waals surface area contributed by atoms with Gasteiger partial charge in [-0.25, -0.2) is 0 Å². The second kappa shape index (κ2) is 7.30. The molecule has 1 aliphatic heterocycles. The molecule has 0 radical (unpaired) electrons. The van der Waals surface area contributed by atoms with E-state index in [-0.39, 0.29) is 17.5 Å². The van der Waals surface area contributed by atoms with Crippen molar-refractivity contribution < 1.29 is 23.8 Å². The lowest BCUT2D eigenvalue weighted by molar-refractivity contribution is -0.117. The third-order valence-electron chi connectivity index (χ3n) is 5.43. The number of hydrogen-bond donors (Lipinski definition) is 0. The highest BCUT2D eigenvalue weighted by molar-refractivity contribution is 14.1. The molecule has 142 valence electrons. The Bertz CT molecular complexity index is 854. The smallest absolute Gasteiger partial charge is 0.174 e. The van der Waals surface area contributed by atoms with Gasteiger partial charge in [-0.2, -0.15) is 0 Å². The van der Waals surface area contributed by atoms with E-state index >= 15 is 0 Å². The van der Waals surface area contributed by atoms with Crippen molar-refractivity contribution in [1.29, 1.82) is 0 Å². The molecule has 27 heavy (non-hydrogen) atoms. The van der Waals surface area contributed by atoms with E-state index in [9.17, 15) is 9.59 Å². The predicted molar refractivity (Wildman–Crippen MR) is 108 cm³/mol. The quantitative estimate of drug-likeness (QED) is 0.599. The monoisotopic (exact) mass is 480 g/mol. The van der Waals surface area contributed by atoms with Gasteiger partial charge in [-0.1, -0.05) is 0 Å². The van der Waals surface area contributed by atoms with Gasteiger partial charge in [0.2, 0.25) is 0 Å². The normalized spacial score (nSPS) is 20.3. The Kier molecular flexibility index (Phi) is 5.01. The maximum Gasteiger partial charge on any atom is 0.174 e. The molecule has 5 nitrogen and oxygen atoms in total. The number of rotatable bonds is 3. The highest BCUT2D eigenvalue weighted by Crippen LogP contribution is 2.49. The van der Waals surface area contributed by atoms with Gasteiger partial charge in [0.15, 0.2) is 23.1 Å². The first-order valence-corrected chi connectivity index (χ1v) is 10.2. The molecule has 0 amide bonds. The highest BCUT2D eigenvalue weighted by Gasteiger charge is 2.42. The minimum absolute atomic E-state index is 0.0796. The minimum atomic E-state index is -0.377. The average molecular weight is 480 g/mol. The number of carbonyl (C=O) groups excluding carboxylic acids is 2. The fourth-order valence-electron chi connectivity index (χ4n) is 4.26. The number of benzene rings is 1. The van der Waals surface area contributed by atoms with Crippen LogP contribution in [0.2, 0.25) is 0 Å². The maximum absolute atomic E-state index is 12.8. The van der Waals surface area contributed by atoms with Crippen LogP contribution in [0.5, 0.6) is 11.5 Å². The van der Waals surface area contributed by atoms with Crippen molar-refractivity contribution in [2.24, 2.45) is 0 Å². The number of carbonyl (C=O) groups is 2. The number of halogens is 1. The van der Waals surface area contributed by atoms with Gasteiger partial charge in [-0.3, -0.25) is 9.59 Å². The molecule has 0 N–H and O–H groups in total. The zero-order valence-electron chi connectivity index (χ0n) is 15.4. The molecule has 0 unspecified atom stereocenters. The Morgan fingerprint density at radius 3 is 2.04 bits per heavy atom. The Morgan fingerprint density at radius 1 is 0.926 bits per heavy atom. The van der Waals surface area contributed by atoms with Gasteiger partial charge in [0.25, 0.3) is 0 Å². The summed E-state index contributed by atoms with van der Waals surface area (Å²) in [5.41, 5.74) is 2.18. The van der Waals surface area contributed by atoms with E-state index in [0.717, 1.165) is 46.3 Å². The second-order valence-electron chi connectivity index (χ2n) is 7.00. The molecule has 6 heteroatoms. The van der Waals surface area contributed by atoms with E-state index in [1.807, 2.05) is 12.1 Å². The predicted octanol–water partition coefficient (Wildman–Crippen LogP) is 4.44. The van der Waals surface area contributed by atoms with Crippen LogP contribution in [-0.4, -0.2) is 25.8 Å². The van der Waals surface area contributed by atoms with E-state index in [0.29, 0.717) is 35.5 Å². The van der Waals surface area contributed by atoms with Crippen molar-refractivity contribution in [3.8, 4) is 11.5 Å². The molecule has 0 atom stereocenters. The topological polar surface area (TPSA) is 61.8 Å². The summed E-state index contributed by atoms with van der Waals surface area (Å²) in [4.78, 5) is 25.7. The summed E-state index contributed by atoms with van der Waals surface area (Å²) < 4.78 is 17.9. The summed E-state index contributed by atoms with van der Waals surface area (Å²) in [6.07, 6.45) is 4.08. The van der Waals surface area contributed by atoms with Gasteiger partial charge >= 0.3 is 0 Å². The number of Topliss-reactive ketones (excluding diaryl/α,β-unsaturated/α-hetero) is 2. The van der Waals surface area contributed by atoms with Gasteiger partial charge in [0.05, 0.1) is 17.8 Å². The lowest BCUT2D eigenvalue weighted by Crippen LogP contribution is -2.30. The van der Waals surface area contributed by atoms with Crippen LogP contribution in [0.1, 0.15) is 50.0 Å². The number of methoxy groups -OCH3 is 2. The highest BCUT2D eigenvalue weighted by atomic mass is 127. The van der Waals surface area contributed by atoms with Crippen LogP contribution in [0.3, 0.4) is 0 Å². The van der Waals surface area contributed by atoms with Crippen molar-refractivity contribution >= 4 is 34.2 Å². The van der Waals surface area contributed by atoms with Crippen LogP contribution in [0, 0.1) is 3.57 Å². The molecule has 0 saturated heterocycles. The summed E-state index contributed by atoms with van der Waals surface area (Å²) in [6, 6.07) is 3.87. The molecule has 1 heterocycles. The zero-order chi connectivity index (χ0) is 19.1. The van der Waals surface area contributed by atoms with E-state index in [2.05, 4.69) is 22.6 Å². The molecule has 3 aliphatic rings. The van der Waals surface area contributed by atoms with Crippen LogP contribution in [-0.2, 0) is 14.3 Å². The fraction of sp³-hybridized carbons (Fsp3) is 0.429.